The molecule has 0 aliphatic rings. The number of benzene rings is 1. The Bertz CT molecular complexity index is 366. The van der Waals surface area contributed by atoms with Gasteiger partial charge in [-0.3, -0.25) is 0 Å². The monoisotopic (exact) mass is 188 g/mol. The molecule has 1 aromatic carbocycles. The smallest absolute Gasteiger partial charge is 0.0954 e. The maximum Gasteiger partial charge on any atom is 0.0954 e. The lowest BCUT2D eigenvalue weighted by atomic mass is 10.1. The molecule has 1 aromatic rings. The Hall–Kier alpha value is -1.40. The highest BCUT2D eigenvalue weighted by Gasteiger charge is 2.04. The van der Waals surface area contributed by atoms with E-state index in [2.05, 4.69) is 16.0 Å². The van der Waals surface area contributed by atoms with Crippen molar-refractivity contribution >= 4 is 11.7 Å². The summed E-state index contributed by atoms with van der Waals surface area (Å²) in [6.45, 7) is 8.10. The number of aliphatic imine (C=N–C) groups is 2. The second kappa shape index (κ2) is 4.21. The van der Waals surface area contributed by atoms with Crippen molar-refractivity contribution in [2.24, 2.45) is 9.98 Å². The minimum atomic E-state index is -0.104. The molecular formula is C12H16N2. The van der Waals surface area contributed by atoms with E-state index in [4.69, 9.17) is 0 Å². The molecule has 0 radical (unpaired) electrons. The van der Waals surface area contributed by atoms with Gasteiger partial charge in [-0.05, 0) is 45.4 Å². The van der Waals surface area contributed by atoms with Crippen molar-refractivity contribution in [3.63, 3.8) is 0 Å². The van der Waals surface area contributed by atoms with E-state index in [0.717, 1.165) is 5.69 Å². The first-order valence-corrected chi connectivity index (χ1v) is 4.72. The highest BCUT2D eigenvalue weighted by atomic mass is 14.9. The van der Waals surface area contributed by atoms with Gasteiger partial charge in [0.2, 0.25) is 0 Å². The zero-order chi connectivity index (χ0) is 10.6. The van der Waals surface area contributed by atoms with E-state index >= 15 is 0 Å². The molecule has 0 unspecified atom stereocenters. The van der Waals surface area contributed by atoms with Gasteiger partial charge in [0.15, 0.2) is 0 Å². The Morgan fingerprint density at radius 1 is 1.21 bits per heavy atom. The molecule has 1 rings (SSSR count). The minimum Gasteiger partial charge on any atom is -0.219 e. The van der Waals surface area contributed by atoms with Crippen molar-refractivity contribution in [1.82, 2.24) is 0 Å². The molecule has 0 aliphatic heterocycles. The van der Waals surface area contributed by atoms with Gasteiger partial charge in [-0.2, -0.15) is 4.99 Å². The number of aryl methyl sites for hydroxylation is 1. The fourth-order valence-electron chi connectivity index (χ4n) is 0.930. The van der Waals surface area contributed by atoms with Gasteiger partial charge in [-0.15, -0.1) is 0 Å². The van der Waals surface area contributed by atoms with Crippen LogP contribution in [0.2, 0.25) is 0 Å². The van der Waals surface area contributed by atoms with E-state index in [9.17, 15) is 0 Å². The molecule has 2 heteroatoms. The average Bonchev–Trinajstić information content (AvgIpc) is 2.01. The standard InChI is InChI=1S/C12H16N2/c1-10-6-5-7-11(8-10)13-9-14-12(2,3)4/h5-8H,1-4H3. The largest absolute Gasteiger partial charge is 0.219 e. The van der Waals surface area contributed by atoms with Crippen LogP contribution >= 0.6 is 0 Å². The Morgan fingerprint density at radius 3 is 2.50 bits per heavy atom. The first-order chi connectivity index (χ1) is 6.47. The Morgan fingerprint density at radius 2 is 1.93 bits per heavy atom. The fraction of sp³-hybridized carbons (Fsp3) is 0.417. The molecule has 0 heterocycles. The summed E-state index contributed by atoms with van der Waals surface area (Å²) in [5.41, 5.74) is 2.00. The van der Waals surface area contributed by atoms with Crippen LogP contribution in [0.1, 0.15) is 26.3 Å². The van der Waals surface area contributed by atoms with E-state index in [1.807, 2.05) is 52.0 Å². The van der Waals surface area contributed by atoms with Crippen LogP contribution in [0.3, 0.4) is 0 Å². The van der Waals surface area contributed by atoms with Gasteiger partial charge < -0.3 is 0 Å². The maximum absolute atomic E-state index is 4.16. The summed E-state index contributed by atoms with van der Waals surface area (Å²) in [4.78, 5) is 8.30. The van der Waals surface area contributed by atoms with E-state index < -0.39 is 0 Å². The van der Waals surface area contributed by atoms with Crippen LogP contribution in [0.25, 0.3) is 0 Å². The summed E-state index contributed by atoms with van der Waals surface area (Å²) in [7, 11) is 0. The van der Waals surface area contributed by atoms with Crippen LogP contribution in [0.4, 0.5) is 5.69 Å². The first kappa shape index (κ1) is 10.7. The van der Waals surface area contributed by atoms with Crippen LogP contribution in [0, 0.1) is 6.92 Å². The fourth-order valence-corrected chi connectivity index (χ4v) is 0.930. The number of rotatable bonds is 1. The van der Waals surface area contributed by atoms with Gasteiger partial charge in [0, 0.05) is 0 Å². The normalized spacial score (nSPS) is 10.6. The molecule has 0 saturated heterocycles. The zero-order valence-electron chi connectivity index (χ0n) is 9.20. The topological polar surface area (TPSA) is 24.7 Å². The highest BCUT2D eigenvalue weighted by molar-refractivity contribution is 5.53. The highest BCUT2D eigenvalue weighted by Crippen LogP contribution is 2.12. The molecule has 74 valence electrons. The Balaban J connectivity index is 2.84. The molecule has 0 amide bonds. The maximum atomic E-state index is 4.16. The lowest BCUT2D eigenvalue weighted by Crippen LogP contribution is -2.07. The van der Waals surface area contributed by atoms with Crippen LogP contribution in [0.15, 0.2) is 34.3 Å². The van der Waals surface area contributed by atoms with E-state index in [-0.39, 0.29) is 5.54 Å². The van der Waals surface area contributed by atoms with Gasteiger partial charge in [0.25, 0.3) is 0 Å². The summed E-state index contributed by atoms with van der Waals surface area (Å²) in [6.07, 6.45) is 0. The van der Waals surface area contributed by atoms with Crippen molar-refractivity contribution in [1.29, 1.82) is 0 Å². The van der Waals surface area contributed by atoms with Gasteiger partial charge in [-0.1, -0.05) is 12.1 Å². The lowest BCUT2D eigenvalue weighted by Gasteiger charge is -2.06. The van der Waals surface area contributed by atoms with Gasteiger partial charge >= 0.3 is 0 Å². The number of hydrogen-bond acceptors (Lipinski definition) is 2. The van der Waals surface area contributed by atoms with Crippen LogP contribution < -0.4 is 0 Å². The van der Waals surface area contributed by atoms with Crippen molar-refractivity contribution in [3.05, 3.63) is 29.8 Å². The van der Waals surface area contributed by atoms with Crippen molar-refractivity contribution in [2.75, 3.05) is 0 Å². The molecule has 0 atom stereocenters. The molecule has 2 nitrogen and oxygen atoms in total. The van der Waals surface area contributed by atoms with Crippen molar-refractivity contribution in [2.45, 2.75) is 33.2 Å². The third-order valence-electron chi connectivity index (χ3n) is 1.57. The van der Waals surface area contributed by atoms with Crippen molar-refractivity contribution in [3.8, 4) is 0 Å². The predicted molar refractivity (Wildman–Crippen MR) is 60.5 cm³/mol. The third kappa shape index (κ3) is 4.01. The average molecular weight is 188 g/mol. The SMILES string of the molecule is Cc1cccc(N=C=NC(C)(C)C)c1. The minimum absolute atomic E-state index is 0.104. The molecule has 0 aliphatic carbocycles. The Labute approximate surface area is 85.4 Å². The van der Waals surface area contributed by atoms with E-state index in [1.54, 1.807) is 0 Å². The summed E-state index contributed by atoms with van der Waals surface area (Å²) < 4.78 is 0. The Kier molecular flexibility index (Phi) is 3.21. The molecule has 0 N–H and O–H groups in total. The van der Waals surface area contributed by atoms with Crippen molar-refractivity contribution < 1.29 is 0 Å². The third-order valence-corrected chi connectivity index (χ3v) is 1.57. The summed E-state index contributed by atoms with van der Waals surface area (Å²) in [5.74, 6) is 0. The number of hydrogen-bond donors (Lipinski definition) is 0. The predicted octanol–water partition coefficient (Wildman–Crippen LogP) is 3.60. The first-order valence-electron chi connectivity index (χ1n) is 4.72. The summed E-state index contributed by atoms with van der Waals surface area (Å²) in [5, 5.41) is 0. The molecule has 0 saturated carbocycles. The van der Waals surface area contributed by atoms with Crippen LogP contribution in [-0.4, -0.2) is 11.5 Å². The van der Waals surface area contributed by atoms with Gasteiger partial charge in [-0.25, -0.2) is 4.99 Å². The quantitative estimate of drug-likeness (QED) is 0.601. The molecule has 0 aromatic heterocycles. The van der Waals surface area contributed by atoms with Gasteiger partial charge in [0.1, 0.15) is 0 Å². The molecule has 14 heavy (non-hydrogen) atoms. The second-order valence-electron chi connectivity index (χ2n) is 4.33. The summed E-state index contributed by atoms with van der Waals surface area (Å²) in [6, 6.07) is 10.7. The lowest BCUT2D eigenvalue weighted by molar-refractivity contribution is 0.587. The second-order valence-corrected chi connectivity index (χ2v) is 4.33. The van der Waals surface area contributed by atoms with Gasteiger partial charge in [0.05, 0.1) is 17.2 Å². The molecule has 0 bridgehead atoms. The van der Waals surface area contributed by atoms with E-state index in [1.165, 1.54) is 5.56 Å². The van der Waals surface area contributed by atoms with Crippen LogP contribution in [0.5, 0.6) is 0 Å². The molecule has 0 spiro atoms. The van der Waals surface area contributed by atoms with Crippen LogP contribution in [-0.2, 0) is 0 Å². The number of nitrogens with zero attached hydrogens (tertiary/aromatic N) is 2. The molecular weight excluding hydrogens is 172 g/mol. The molecule has 0 fully saturated rings. The zero-order valence-corrected chi connectivity index (χ0v) is 9.20. The van der Waals surface area contributed by atoms with E-state index in [0.29, 0.717) is 0 Å². The summed E-state index contributed by atoms with van der Waals surface area (Å²) >= 11 is 0.